The topological polar surface area (TPSA) is 64.4 Å². The van der Waals surface area contributed by atoms with E-state index >= 15 is 0 Å². The predicted molar refractivity (Wildman–Crippen MR) is 87.9 cm³/mol. The van der Waals surface area contributed by atoms with Crippen LogP contribution < -0.4 is 10.1 Å². The van der Waals surface area contributed by atoms with Crippen LogP contribution in [-0.4, -0.2) is 18.0 Å². The van der Waals surface area contributed by atoms with Gasteiger partial charge in [-0.15, -0.1) is 0 Å². The van der Waals surface area contributed by atoms with E-state index in [1.165, 1.54) is 7.11 Å². The molecule has 5 nitrogen and oxygen atoms in total. The number of aromatic nitrogens is 1. The molecule has 1 aromatic carbocycles. The predicted octanol–water partition coefficient (Wildman–Crippen LogP) is 3.98. The summed E-state index contributed by atoms with van der Waals surface area (Å²) in [7, 11) is 1.53. The van der Waals surface area contributed by atoms with Gasteiger partial charge in [-0.2, -0.15) is 0 Å². The third kappa shape index (κ3) is 3.14. The number of carbonyl (C=O) groups excluding carboxylic acids is 1. The van der Waals surface area contributed by atoms with Crippen molar-refractivity contribution in [3.8, 4) is 5.75 Å². The SMILES string of the molecule is COc1cc(Cl)cc2cc(C(=O)NC(C)c3cccnc3)oc12. The lowest BCUT2D eigenvalue weighted by molar-refractivity contribution is 0.0914. The second-order valence-electron chi connectivity index (χ2n) is 5.12. The number of ether oxygens (including phenoxy) is 1. The van der Waals surface area contributed by atoms with Crippen molar-refractivity contribution in [1.29, 1.82) is 0 Å². The Kier molecular flexibility index (Phi) is 4.21. The monoisotopic (exact) mass is 330 g/mol. The Morgan fingerprint density at radius 2 is 2.22 bits per heavy atom. The van der Waals surface area contributed by atoms with E-state index in [-0.39, 0.29) is 17.7 Å². The molecular formula is C17H15ClN2O3. The number of rotatable bonds is 4. The van der Waals surface area contributed by atoms with E-state index in [9.17, 15) is 4.79 Å². The van der Waals surface area contributed by atoms with Crippen LogP contribution in [0.15, 0.2) is 47.1 Å². The summed E-state index contributed by atoms with van der Waals surface area (Å²) < 4.78 is 10.9. The molecule has 3 rings (SSSR count). The highest BCUT2D eigenvalue weighted by Gasteiger charge is 2.18. The first-order chi connectivity index (χ1) is 11.1. The number of fused-ring (bicyclic) bond motifs is 1. The van der Waals surface area contributed by atoms with Crippen LogP contribution in [-0.2, 0) is 0 Å². The summed E-state index contributed by atoms with van der Waals surface area (Å²) in [4.78, 5) is 16.4. The summed E-state index contributed by atoms with van der Waals surface area (Å²) in [6.45, 7) is 1.88. The number of benzene rings is 1. The van der Waals surface area contributed by atoms with E-state index in [1.54, 1.807) is 30.6 Å². The molecule has 0 bridgehead atoms. The number of hydrogen-bond acceptors (Lipinski definition) is 4. The maximum Gasteiger partial charge on any atom is 0.287 e. The van der Waals surface area contributed by atoms with E-state index < -0.39 is 0 Å². The first kappa shape index (κ1) is 15.4. The molecule has 0 spiro atoms. The van der Waals surface area contributed by atoms with Gasteiger partial charge in [0, 0.05) is 28.9 Å². The number of nitrogens with zero attached hydrogens (tertiary/aromatic N) is 1. The van der Waals surface area contributed by atoms with E-state index in [0.29, 0.717) is 21.7 Å². The molecule has 0 saturated heterocycles. The summed E-state index contributed by atoms with van der Waals surface area (Å²) >= 11 is 6.03. The van der Waals surface area contributed by atoms with Gasteiger partial charge in [0.15, 0.2) is 17.1 Å². The van der Waals surface area contributed by atoms with Crippen LogP contribution in [0.3, 0.4) is 0 Å². The number of amides is 1. The standard InChI is InChI=1S/C17H15ClN2O3/c1-10(11-4-3-5-19-9-11)20-17(21)15-7-12-6-13(18)8-14(22-2)16(12)23-15/h3-10H,1-2H3,(H,20,21). The Balaban J connectivity index is 1.87. The van der Waals surface area contributed by atoms with E-state index in [2.05, 4.69) is 10.3 Å². The van der Waals surface area contributed by atoms with Gasteiger partial charge in [0.1, 0.15) is 0 Å². The van der Waals surface area contributed by atoms with Crippen molar-refractivity contribution in [1.82, 2.24) is 10.3 Å². The zero-order valence-corrected chi connectivity index (χ0v) is 13.4. The molecule has 0 aliphatic heterocycles. The second kappa shape index (κ2) is 6.30. The van der Waals surface area contributed by atoms with Gasteiger partial charge in [-0.05, 0) is 30.7 Å². The first-order valence-corrected chi connectivity index (χ1v) is 7.44. The van der Waals surface area contributed by atoms with Gasteiger partial charge in [0.2, 0.25) is 0 Å². The van der Waals surface area contributed by atoms with Crippen LogP contribution in [0.5, 0.6) is 5.75 Å². The molecule has 1 atom stereocenters. The number of carbonyl (C=O) groups is 1. The fourth-order valence-electron chi connectivity index (χ4n) is 2.33. The van der Waals surface area contributed by atoms with Gasteiger partial charge in [0.05, 0.1) is 13.2 Å². The molecule has 1 unspecified atom stereocenters. The van der Waals surface area contributed by atoms with Crippen molar-refractivity contribution in [2.75, 3.05) is 7.11 Å². The van der Waals surface area contributed by atoms with E-state index in [0.717, 1.165) is 5.56 Å². The van der Waals surface area contributed by atoms with Crippen molar-refractivity contribution in [2.45, 2.75) is 13.0 Å². The normalized spacial score (nSPS) is 12.1. The van der Waals surface area contributed by atoms with Gasteiger partial charge >= 0.3 is 0 Å². The lowest BCUT2D eigenvalue weighted by Gasteiger charge is -2.12. The van der Waals surface area contributed by atoms with Crippen LogP contribution in [0.2, 0.25) is 5.02 Å². The fraction of sp³-hybridized carbons (Fsp3) is 0.176. The van der Waals surface area contributed by atoms with Crippen molar-refractivity contribution in [3.05, 3.63) is 59.1 Å². The summed E-state index contributed by atoms with van der Waals surface area (Å²) in [5, 5.41) is 4.11. The number of nitrogens with one attached hydrogen (secondary N) is 1. The highest BCUT2D eigenvalue weighted by atomic mass is 35.5. The van der Waals surface area contributed by atoms with Gasteiger partial charge in [-0.25, -0.2) is 0 Å². The van der Waals surface area contributed by atoms with Crippen LogP contribution in [0.4, 0.5) is 0 Å². The maximum absolute atomic E-state index is 12.4. The molecule has 0 saturated carbocycles. The van der Waals surface area contributed by atoms with Crippen molar-refractivity contribution < 1.29 is 13.9 Å². The minimum absolute atomic E-state index is 0.185. The summed E-state index contributed by atoms with van der Waals surface area (Å²) in [5.41, 5.74) is 1.41. The Bertz CT molecular complexity index is 846. The molecule has 2 aromatic heterocycles. The van der Waals surface area contributed by atoms with Crippen LogP contribution in [0.25, 0.3) is 11.0 Å². The van der Waals surface area contributed by atoms with Crippen molar-refractivity contribution in [3.63, 3.8) is 0 Å². The van der Waals surface area contributed by atoms with Gasteiger partial charge in [-0.1, -0.05) is 17.7 Å². The molecule has 23 heavy (non-hydrogen) atoms. The van der Waals surface area contributed by atoms with Crippen LogP contribution in [0, 0.1) is 0 Å². The maximum atomic E-state index is 12.4. The lowest BCUT2D eigenvalue weighted by atomic mass is 10.1. The Morgan fingerprint density at radius 1 is 1.39 bits per heavy atom. The third-order valence-corrected chi connectivity index (χ3v) is 3.74. The highest BCUT2D eigenvalue weighted by Crippen LogP contribution is 2.32. The number of furan rings is 1. The minimum atomic E-state index is -0.310. The average molecular weight is 331 g/mol. The van der Waals surface area contributed by atoms with E-state index in [1.807, 2.05) is 19.1 Å². The van der Waals surface area contributed by atoms with E-state index in [4.69, 9.17) is 20.8 Å². The Hall–Kier alpha value is -2.53. The molecule has 1 amide bonds. The third-order valence-electron chi connectivity index (χ3n) is 3.52. The van der Waals surface area contributed by atoms with Crippen LogP contribution >= 0.6 is 11.6 Å². The van der Waals surface area contributed by atoms with Crippen LogP contribution in [0.1, 0.15) is 29.1 Å². The highest BCUT2D eigenvalue weighted by molar-refractivity contribution is 6.31. The lowest BCUT2D eigenvalue weighted by Crippen LogP contribution is -2.26. The van der Waals surface area contributed by atoms with Gasteiger partial charge < -0.3 is 14.5 Å². The smallest absolute Gasteiger partial charge is 0.287 e. The fourth-order valence-corrected chi connectivity index (χ4v) is 2.55. The summed E-state index contributed by atoms with van der Waals surface area (Å²) in [6, 6.07) is 8.56. The average Bonchev–Trinajstić information content (AvgIpc) is 2.98. The molecular weight excluding hydrogens is 316 g/mol. The Morgan fingerprint density at radius 3 is 2.91 bits per heavy atom. The molecule has 1 N–H and O–H groups in total. The second-order valence-corrected chi connectivity index (χ2v) is 5.55. The zero-order valence-electron chi connectivity index (χ0n) is 12.7. The largest absolute Gasteiger partial charge is 0.493 e. The molecule has 6 heteroatoms. The molecule has 0 aliphatic rings. The number of pyridine rings is 1. The molecule has 0 aliphatic carbocycles. The molecule has 0 fully saturated rings. The summed E-state index contributed by atoms with van der Waals surface area (Å²) in [6.07, 6.45) is 3.40. The number of methoxy groups -OCH3 is 1. The number of hydrogen-bond donors (Lipinski definition) is 1. The van der Waals surface area contributed by atoms with Crippen molar-refractivity contribution >= 4 is 28.5 Å². The number of halogens is 1. The molecule has 0 radical (unpaired) electrons. The Labute approximate surface area is 138 Å². The molecule has 118 valence electrons. The van der Waals surface area contributed by atoms with Gasteiger partial charge in [0.25, 0.3) is 5.91 Å². The molecule has 2 heterocycles. The first-order valence-electron chi connectivity index (χ1n) is 7.06. The quantitative estimate of drug-likeness (QED) is 0.785. The molecule has 3 aromatic rings. The van der Waals surface area contributed by atoms with Gasteiger partial charge in [-0.3, -0.25) is 9.78 Å². The zero-order chi connectivity index (χ0) is 16.4. The minimum Gasteiger partial charge on any atom is -0.493 e. The van der Waals surface area contributed by atoms with Crippen molar-refractivity contribution in [2.24, 2.45) is 0 Å². The summed E-state index contributed by atoms with van der Waals surface area (Å²) in [5.74, 6) is 0.388.